The molecule has 1 saturated heterocycles. The highest BCUT2D eigenvalue weighted by atomic mass is 32.2. The molecule has 2 unspecified atom stereocenters. The van der Waals surface area contributed by atoms with E-state index in [-0.39, 0.29) is 17.7 Å². The summed E-state index contributed by atoms with van der Waals surface area (Å²) in [5.41, 5.74) is 1.01. The molecule has 2 heterocycles. The van der Waals surface area contributed by atoms with Gasteiger partial charge in [-0.05, 0) is 26.8 Å². The van der Waals surface area contributed by atoms with Gasteiger partial charge in [-0.2, -0.15) is 0 Å². The number of nitrogens with one attached hydrogen (secondary N) is 1. The fourth-order valence-corrected chi connectivity index (χ4v) is 4.92. The summed E-state index contributed by atoms with van der Waals surface area (Å²) in [6.07, 6.45) is 1.71. The molecular weight excluding hydrogens is 256 g/mol. The zero-order valence-corrected chi connectivity index (χ0v) is 11.8. The van der Waals surface area contributed by atoms with E-state index in [0.29, 0.717) is 5.75 Å². The monoisotopic (exact) mass is 274 g/mol. The van der Waals surface area contributed by atoms with Crippen LogP contribution in [0.15, 0.2) is 5.38 Å². The van der Waals surface area contributed by atoms with E-state index in [2.05, 4.69) is 17.2 Å². The van der Waals surface area contributed by atoms with Gasteiger partial charge in [0.05, 0.1) is 22.2 Å². The van der Waals surface area contributed by atoms with E-state index >= 15 is 0 Å². The Morgan fingerprint density at radius 2 is 2.35 bits per heavy atom. The summed E-state index contributed by atoms with van der Waals surface area (Å²) in [6.45, 7) is 2.05. The Bertz CT molecular complexity index is 481. The Kier molecular flexibility index (Phi) is 3.85. The van der Waals surface area contributed by atoms with Crippen LogP contribution in [0, 0.1) is 0 Å². The van der Waals surface area contributed by atoms with Gasteiger partial charge in [0.1, 0.15) is 0 Å². The number of rotatable bonds is 3. The summed E-state index contributed by atoms with van der Waals surface area (Å²) >= 11 is 1.58. The van der Waals surface area contributed by atoms with Crippen LogP contribution >= 0.6 is 11.3 Å². The standard InChI is InChI=1S/C11H18N2O2S2/c1-8(12-2)10-6-16-11(13-10)9-4-3-5-17(14,15)7-9/h6,8-9,12H,3-5,7H2,1-2H3. The molecule has 1 N–H and O–H groups in total. The van der Waals surface area contributed by atoms with E-state index in [4.69, 9.17) is 0 Å². The third-order valence-electron chi connectivity index (χ3n) is 3.23. The highest BCUT2D eigenvalue weighted by molar-refractivity contribution is 7.91. The highest BCUT2D eigenvalue weighted by Crippen LogP contribution is 2.31. The van der Waals surface area contributed by atoms with E-state index in [1.807, 2.05) is 12.4 Å². The Balaban J connectivity index is 2.15. The molecule has 1 aliphatic heterocycles. The third-order valence-corrected chi connectivity index (χ3v) is 6.08. The van der Waals surface area contributed by atoms with Crippen LogP contribution < -0.4 is 5.32 Å². The molecule has 0 amide bonds. The molecule has 0 spiro atoms. The molecule has 0 aliphatic carbocycles. The van der Waals surface area contributed by atoms with Crippen LogP contribution in [0.4, 0.5) is 0 Å². The average molecular weight is 274 g/mol. The lowest BCUT2D eigenvalue weighted by atomic mass is 10.1. The first-order valence-electron chi connectivity index (χ1n) is 5.85. The molecule has 2 atom stereocenters. The van der Waals surface area contributed by atoms with Gasteiger partial charge in [-0.25, -0.2) is 13.4 Å². The molecule has 1 aromatic heterocycles. The SMILES string of the molecule is CNC(C)c1csc(C2CCCS(=O)(=O)C2)n1. The lowest BCUT2D eigenvalue weighted by Crippen LogP contribution is -2.23. The van der Waals surface area contributed by atoms with E-state index in [1.165, 1.54) is 0 Å². The summed E-state index contributed by atoms with van der Waals surface area (Å²) in [7, 11) is -0.948. The van der Waals surface area contributed by atoms with Gasteiger partial charge in [0.15, 0.2) is 9.84 Å². The Morgan fingerprint density at radius 1 is 1.59 bits per heavy atom. The Hall–Kier alpha value is -0.460. The summed E-state index contributed by atoms with van der Waals surface area (Å²) < 4.78 is 23.2. The van der Waals surface area contributed by atoms with E-state index in [1.54, 1.807) is 11.3 Å². The Morgan fingerprint density at radius 3 is 3.00 bits per heavy atom. The molecule has 1 fully saturated rings. The van der Waals surface area contributed by atoms with Crippen molar-refractivity contribution in [2.75, 3.05) is 18.6 Å². The molecule has 17 heavy (non-hydrogen) atoms. The molecule has 1 aromatic rings. The van der Waals surface area contributed by atoms with Crippen molar-refractivity contribution in [3.8, 4) is 0 Å². The van der Waals surface area contributed by atoms with Crippen LogP contribution in [-0.4, -0.2) is 32.0 Å². The Labute approximate surface area is 106 Å². The number of sulfone groups is 1. The number of nitrogens with zero attached hydrogens (tertiary/aromatic N) is 1. The van der Waals surface area contributed by atoms with Gasteiger partial charge in [-0.15, -0.1) is 11.3 Å². The predicted octanol–water partition coefficient (Wildman–Crippen LogP) is 1.72. The molecule has 1 aliphatic rings. The van der Waals surface area contributed by atoms with Crippen LogP contribution in [0.5, 0.6) is 0 Å². The van der Waals surface area contributed by atoms with Gasteiger partial charge in [0.2, 0.25) is 0 Å². The minimum Gasteiger partial charge on any atom is -0.312 e. The van der Waals surface area contributed by atoms with Crippen molar-refractivity contribution in [2.24, 2.45) is 0 Å². The van der Waals surface area contributed by atoms with Crippen LogP contribution in [0.2, 0.25) is 0 Å². The average Bonchev–Trinajstić information content (AvgIpc) is 2.76. The second kappa shape index (κ2) is 5.04. The number of hydrogen-bond acceptors (Lipinski definition) is 5. The molecule has 96 valence electrons. The lowest BCUT2D eigenvalue weighted by Gasteiger charge is -2.19. The van der Waals surface area contributed by atoms with Crippen molar-refractivity contribution in [3.63, 3.8) is 0 Å². The maximum absolute atomic E-state index is 11.6. The largest absolute Gasteiger partial charge is 0.312 e. The summed E-state index contributed by atoms with van der Waals surface area (Å²) in [6, 6.07) is 0.222. The van der Waals surface area contributed by atoms with Crippen molar-refractivity contribution >= 4 is 21.2 Å². The lowest BCUT2D eigenvalue weighted by molar-refractivity contribution is 0.551. The summed E-state index contributed by atoms with van der Waals surface area (Å²) in [5, 5.41) is 6.14. The maximum Gasteiger partial charge on any atom is 0.151 e. The molecule has 0 aromatic carbocycles. The van der Waals surface area contributed by atoms with Gasteiger partial charge in [0.25, 0.3) is 0 Å². The third kappa shape index (κ3) is 3.05. The van der Waals surface area contributed by atoms with Crippen molar-refractivity contribution in [3.05, 3.63) is 16.1 Å². The van der Waals surface area contributed by atoms with Crippen molar-refractivity contribution in [1.29, 1.82) is 0 Å². The van der Waals surface area contributed by atoms with Crippen LogP contribution in [0.25, 0.3) is 0 Å². The van der Waals surface area contributed by atoms with Gasteiger partial charge in [0, 0.05) is 17.3 Å². The fourth-order valence-electron chi connectivity index (χ4n) is 2.05. The second-order valence-electron chi connectivity index (χ2n) is 4.57. The molecular formula is C11H18N2O2S2. The van der Waals surface area contributed by atoms with Crippen LogP contribution in [-0.2, 0) is 9.84 Å². The molecule has 0 bridgehead atoms. The molecule has 4 nitrogen and oxygen atoms in total. The molecule has 0 radical (unpaired) electrons. The molecule has 2 rings (SSSR count). The first-order chi connectivity index (χ1) is 8.02. The summed E-state index contributed by atoms with van der Waals surface area (Å²) in [4.78, 5) is 4.56. The summed E-state index contributed by atoms with van der Waals surface area (Å²) in [5.74, 6) is 0.722. The number of aromatic nitrogens is 1. The topological polar surface area (TPSA) is 59.1 Å². The quantitative estimate of drug-likeness (QED) is 0.911. The van der Waals surface area contributed by atoms with E-state index in [9.17, 15) is 8.42 Å². The fraction of sp³-hybridized carbons (Fsp3) is 0.727. The minimum absolute atomic E-state index is 0.108. The van der Waals surface area contributed by atoms with Crippen LogP contribution in [0.3, 0.4) is 0 Å². The first kappa shape index (κ1) is 13.0. The molecule has 6 heteroatoms. The maximum atomic E-state index is 11.6. The van der Waals surface area contributed by atoms with Gasteiger partial charge in [-0.1, -0.05) is 0 Å². The number of hydrogen-bond donors (Lipinski definition) is 1. The van der Waals surface area contributed by atoms with Gasteiger partial charge < -0.3 is 5.32 Å². The zero-order valence-electron chi connectivity index (χ0n) is 10.1. The highest BCUT2D eigenvalue weighted by Gasteiger charge is 2.28. The normalized spacial score (nSPS) is 25.6. The van der Waals surface area contributed by atoms with E-state index in [0.717, 1.165) is 23.5 Å². The predicted molar refractivity (Wildman–Crippen MR) is 70.2 cm³/mol. The smallest absolute Gasteiger partial charge is 0.151 e. The number of thiazole rings is 1. The van der Waals surface area contributed by atoms with Crippen LogP contribution in [0.1, 0.15) is 42.4 Å². The minimum atomic E-state index is -2.85. The van der Waals surface area contributed by atoms with Gasteiger partial charge in [-0.3, -0.25) is 0 Å². The van der Waals surface area contributed by atoms with Crippen molar-refractivity contribution < 1.29 is 8.42 Å². The van der Waals surface area contributed by atoms with E-state index < -0.39 is 9.84 Å². The second-order valence-corrected chi connectivity index (χ2v) is 7.69. The molecule has 0 saturated carbocycles. The first-order valence-corrected chi connectivity index (χ1v) is 8.55. The van der Waals surface area contributed by atoms with Gasteiger partial charge >= 0.3 is 0 Å². The van der Waals surface area contributed by atoms with Crippen molar-refractivity contribution in [1.82, 2.24) is 10.3 Å². The zero-order chi connectivity index (χ0) is 12.5. The van der Waals surface area contributed by atoms with Crippen molar-refractivity contribution in [2.45, 2.75) is 31.7 Å².